The Hall–Kier alpha value is -1.74. The van der Waals surface area contributed by atoms with Crippen LogP contribution in [0.5, 0.6) is 0 Å². The number of aliphatic hydroxyl groups is 1. The average Bonchev–Trinajstić information content (AvgIpc) is 3.16. The highest BCUT2D eigenvalue weighted by atomic mass is 127. The molecule has 1 aliphatic rings. The minimum absolute atomic E-state index is 0.0144. The van der Waals surface area contributed by atoms with E-state index < -0.39 is 0 Å². The largest absolute Gasteiger partial charge is 0.396 e. The maximum Gasteiger partial charge on any atom is 0.273 e. The molecule has 1 atom stereocenters. The third kappa shape index (κ3) is 6.27. The number of rotatable bonds is 11. The number of halogens is 1. The molecule has 2 aromatic rings. The van der Waals surface area contributed by atoms with E-state index in [-0.39, 0.29) is 24.3 Å². The molecule has 1 aliphatic heterocycles. The van der Waals surface area contributed by atoms with Gasteiger partial charge in [0.25, 0.3) is 5.91 Å². The number of carbonyl (C=O) groups excluding carboxylic acids is 1. The summed E-state index contributed by atoms with van der Waals surface area (Å²) in [5.74, 6) is 0.937. The number of imidazole rings is 1. The Labute approximate surface area is 217 Å². The monoisotopic (exact) mass is 578 g/mol. The number of aliphatic hydroxyl groups excluding tert-OH is 1. The van der Waals surface area contributed by atoms with E-state index in [1.54, 1.807) is 0 Å². The van der Waals surface area contributed by atoms with Crippen LogP contribution in [0.25, 0.3) is 11.4 Å². The van der Waals surface area contributed by atoms with Crippen molar-refractivity contribution in [3.8, 4) is 11.4 Å². The van der Waals surface area contributed by atoms with E-state index >= 15 is 0 Å². The molecule has 0 aliphatic carbocycles. The van der Waals surface area contributed by atoms with Gasteiger partial charge in [0.15, 0.2) is 0 Å². The van der Waals surface area contributed by atoms with Gasteiger partial charge in [-0.15, -0.1) is 0 Å². The Morgan fingerprint density at radius 2 is 1.97 bits per heavy atom. The Balaban J connectivity index is 1.70. The van der Waals surface area contributed by atoms with E-state index in [1.807, 2.05) is 23.4 Å². The van der Waals surface area contributed by atoms with Crippen LogP contribution in [0.3, 0.4) is 0 Å². The van der Waals surface area contributed by atoms with E-state index in [9.17, 15) is 9.90 Å². The first-order chi connectivity index (χ1) is 16.4. The highest BCUT2D eigenvalue weighted by Crippen LogP contribution is 2.28. The Morgan fingerprint density at radius 3 is 2.62 bits per heavy atom. The van der Waals surface area contributed by atoms with Crippen molar-refractivity contribution in [2.24, 2.45) is 18.9 Å². The fourth-order valence-electron chi connectivity index (χ4n) is 4.90. The van der Waals surface area contributed by atoms with Crippen LogP contribution < -0.4 is 0 Å². The van der Waals surface area contributed by atoms with Crippen LogP contribution in [0.2, 0.25) is 0 Å². The van der Waals surface area contributed by atoms with E-state index in [4.69, 9.17) is 10.4 Å². The number of carbonyl (C=O) groups is 1. The summed E-state index contributed by atoms with van der Waals surface area (Å²) in [6, 6.07) is 8.55. The molecule has 34 heavy (non-hydrogen) atoms. The van der Waals surface area contributed by atoms with Crippen molar-refractivity contribution in [1.29, 1.82) is 5.41 Å². The number of aryl methyl sites for hydroxylation is 1. The molecule has 1 aromatic carbocycles. The van der Waals surface area contributed by atoms with Crippen LogP contribution in [0.15, 0.2) is 24.3 Å². The molecule has 1 fully saturated rings. The second-order valence-corrected chi connectivity index (χ2v) is 10.5. The van der Waals surface area contributed by atoms with Crippen LogP contribution in [-0.4, -0.2) is 50.9 Å². The van der Waals surface area contributed by atoms with Crippen molar-refractivity contribution in [2.45, 2.75) is 65.2 Å². The number of piperidine rings is 1. The Bertz CT molecular complexity index is 975. The molecular weight excluding hydrogens is 539 g/mol. The molecule has 0 saturated carbocycles. The molecule has 0 radical (unpaired) electrons. The van der Waals surface area contributed by atoms with E-state index in [1.165, 1.54) is 31.2 Å². The summed E-state index contributed by atoms with van der Waals surface area (Å²) in [7, 11) is 1.93. The van der Waals surface area contributed by atoms with E-state index in [2.05, 4.69) is 53.8 Å². The number of amides is 1. The lowest BCUT2D eigenvalue weighted by atomic mass is 9.84. The summed E-state index contributed by atoms with van der Waals surface area (Å²) in [5, 5.41) is 18.0. The first-order valence-corrected chi connectivity index (χ1v) is 13.8. The Morgan fingerprint density at radius 1 is 1.24 bits per heavy atom. The summed E-state index contributed by atoms with van der Waals surface area (Å²) in [6.45, 7) is 5.55. The highest BCUT2D eigenvalue weighted by molar-refractivity contribution is 14.1. The zero-order chi connectivity index (χ0) is 24.7. The molecule has 2 heterocycles. The van der Waals surface area contributed by atoms with Gasteiger partial charge < -0.3 is 20.0 Å². The first kappa shape index (κ1) is 26.9. The molecule has 1 amide bonds. The number of benzene rings is 1. The molecule has 6 nitrogen and oxygen atoms in total. The number of aromatic nitrogens is 2. The van der Waals surface area contributed by atoms with Crippen LogP contribution in [-0.2, 0) is 13.5 Å². The third-order valence-electron chi connectivity index (χ3n) is 7.13. The number of likely N-dealkylation sites (tertiary alicyclic amines) is 1. The lowest BCUT2D eigenvalue weighted by Gasteiger charge is -2.34. The van der Waals surface area contributed by atoms with Crippen molar-refractivity contribution >= 4 is 34.2 Å². The predicted octanol–water partition coefficient (Wildman–Crippen LogP) is 5.70. The van der Waals surface area contributed by atoms with Crippen LogP contribution in [0.4, 0.5) is 0 Å². The molecule has 7 heteroatoms. The molecule has 3 rings (SSSR count). The molecule has 1 saturated heterocycles. The molecule has 0 bridgehead atoms. The van der Waals surface area contributed by atoms with Gasteiger partial charge in [0.05, 0.1) is 6.61 Å². The van der Waals surface area contributed by atoms with Crippen molar-refractivity contribution in [3.63, 3.8) is 0 Å². The van der Waals surface area contributed by atoms with E-state index in [0.29, 0.717) is 24.5 Å². The summed E-state index contributed by atoms with van der Waals surface area (Å²) >= 11 is 2.18. The molecule has 0 unspecified atom stereocenters. The van der Waals surface area contributed by atoms with Crippen molar-refractivity contribution in [1.82, 2.24) is 14.5 Å². The fourth-order valence-corrected chi connectivity index (χ4v) is 5.72. The van der Waals surface area contributed by atoms with Gasteiger partial charge in [-0.25, -0.2) is 4.98 Å². The second-order valence-electron chi connectivity index (χ2n) is 9.45. The molecule has 2 N–H and O–H groups in total. The topological polar surface area (TPSA) is 82.2 Å². The zero-order valence-electron chi connectivity index (χ0n) is 20.8. The van der Waals surface area contributed by atoms with Gasteiger partial charge in [-0.1, -0.05) is 51.3 Å². The molecule has 186 valence electrons. The standard InChI is InChI=1S/C27H39IN4O2/c1-4-6-7-8-10-19-11-9-12-22(17-19)26-30-25(28)24(31(26)3)27(34)32-15-13-21(14-16-32)23(29)20(5-2)18-33/h9,11-12,17,20-21,29,33H,4-8,10,13-16,18H2,1-3H3/t20-/m0/s1. The lowest BCUT2D eigenvalue weighted by molar-refractivity contribution is 0.0697. The van der Waals surface area contributed by atoms with Gasteiger partial charge in [-0.2, -0.15) is 0 Å². The molecular formula is C27H39IN4O2. The van der Waals surface area contributed by atoms with Gasteiger partial charge in [-0.05, 0) is 66.3 Å². The van der Waals surface area contributed by atoms with Gasteiger partial charge in [0, 0.05) is 43.2 Å². The highest BCUT2D eigenvalue weighted by Gasteiger charge is 2.31. The van der Waals surface area contributed by atoms with Gasteiger partial charge >= 0.3 is 0 Å². The number of nitrogens with zero attached hydrogens (tertiary/aromatic N) is 3. The normalized spacial score (nSPS) is 15.5. The fraction of sp³-hybridized carbons (Fsp3) is 0.593. The van der Waals surface area contributed by atoms with Crippen LogP contribution >= 0.6 is 22.6 Å². The third-order valence-corrected chi connectivity index (χ3v) is 7.89. The summed E-state index contributed by atoms with van der Waals surface area (Å²) < 4.78 is 2.67. The number of unbranched alkanes of at least 4 members (excludes halogenated alkanes) is 3. The van der Waals surface area contributed by atoms with Gasteiger partial charge in [-0.3, -0.25) is 4.79 Å². The first-order valence-electron chi connectivity index (χ1n) is 12.7. The minimum atomic E-state index is -0.0600. The predicted molar refractivity (Wildman–Crippen MR) is 146 cm³/mol. The van der Waals surface area contributed by atoms with Crippen molar-refractivity contribution < 1.29 is 9.90 Å². The maximum atomic E-state index is 13.4. The van der Waals surface area contributed by atoms with E-state index in [0.717, 1.165) is 40.8 Å². The molecule has 0 spiro atoms. The summed E-state index contributed by atoms with van der Waals surface area (Å²) in [6.07, 6.45) is 8.39. The zero-order valence-corrected chi connectivity index (χ0v) is 23.0. The summed E-state index contributed by atoms with van der Waals surface area (Å²) in [5.41, 5.74) is 3.65. The number of nitrogens with one attached hydrogen (secondary N) is 1. The number of hydrogen-bond acceptors (Lipinski definition) is 4. The maximum absolute atomic E-state index is 13.4. The number of hydrogen-bond donors (Lipinski definition) is 2. The van der Waals surface area contributed by atoms with Crippen molar-refractivity contribution in [3.05, 3.63) is 39.2 Å². The SMILES string of the molecule is CCCCCCc1cccc(-c2nc(I)c(C(=O)N3CCC(C(=N)[C@@H](CC)CO)CC3)n2C)c1. The second kappa shape index (κ2) is 12.8. The van der Waals surface area contributed by atoms with Gasteiger partial charge in [0.2, 0.25) is 0 Å². The van der Waals surface area contributed by atoms with Crippen LogP contribution in [0, 0.1) is 20.9 Å². The minimum Gasteiger partial charge on any atom is -0.396 e. The lowest BCUT2D eigenvalue weighted by Crippen LogP contribution is -2.42. The quantitative estimate of drug-likeness (QED) is 0.204. The smallest absolute Gasteiger partial charge is 0.273 e. The van der Waals surface area contributed by atoms with Crippen molar-refractivity contribution in [2.75, 3.05) is 19.7 Å². The van der Waals surface area contributed by atoms with Crippen LogP contribution in [0.1, 0.15) is 74.8 Å². The van der Waals surface area contributed by atoms with Gasteiger partial charge in [0.1, 0.15) is 15.2 Å². The molecule has 1 aromatic heterocycles. The average molecular weight is 579 g/mol. The summed E-state index contributed by atoms with van der Waals surface area (Å²) in [4.78, 5) is 20.1. The Kier molecular flexibility index (Phi) is 10.1.